The van der Waals surface area contributed by atoms with Crippen LogP contribution in [0.1, 0.15) is 29.8 Å². The monoisotopic (exact) mass is 324 g/mol. The van der Waals surface area contributed by atoms with Crippen LogP contribution in [0.4, 0.5) is 11.4 Å². The maximum atomic E-state index is 12.3. The molecular weight excluding hydrogens is 300 g/mol. The molecule has 2 aromatic rings. The summed E-state index contributed by atoms with van der Waals surface area (Å²) in [7, 11) is 0. The number of morpholine rings is 1. The van der Waals surface area contributed by atoms with Gasteiger partial charge in [-0.25, -0.2) is 0 Å². The lowest BCUT2D eigenvalue weighted by Crippen LogP contribution is -2.47. The lowest BCUT2D eigenvalue weighted by Gasteiger charge is -2.38. The molecule has 1 amide bonds. The van der Waals surface area contributed by atoms with Crippen molar-refractivity contribution < 1.29 is 9.53 Å². The number of anilines is 2. The van der Waals surface area contributed by atoms with Crippen LogP contribution in [0.25, 0.3) is 0 Å². The van der Waals surface area contributed by atoms with Gasteiger partial charge in [-0.1, -0.05) is 17.7 Å². The van der Waals surface area contributed by atoms with Crippen molar-refractivity contribution in [3.63, 3.8) is 0 Å². The topological polar surface area (TPSA) is 41.6 Å². The van der Waals surface area contributed by atoms with Crippen LogP contribution in [-0.4, -0.2) is 31.2 Å². The van der Waals surface area contributed by atoms with Gasteiger partial charge in [0, 0.05) is 29.5 Å². The van der Waals surface area contributed by atoms with Gasteiger partial charge in [-0.2, -0.15) is 0 Å². The van der Waals surface area contributed by atoms with Crippen molar-refractivity contribution in [2.45, 2.75) is 32.9 Å². The first-order valence-electron chi connectivity index (χ1n) is 8.39. The first kappa shape index (κ1) is 16.5. The number of nitrogens with one attached hydrogen (secondary N) is 1. The van der Waals surface area contributed by atoms with Crippen LogP contribution in [0.2, 0.25) is 0 Å². The van der Waals surface area contributed by atoms with Gasteiger partial charge >= 0.3 is 0 Å². The highest BCUT2D eigenvalue weighted by Crippen LogP contribution is 2.23. The molecule has 126 valence electrons. The van der Waals surface area contributed by atoms with Gasteiger partial charge in [0.1, 0.15) is 0 Å². The average molecular weight is 324 g/mol. The molecule has 0 aliphatic carbocycles. The molecule has 1 aliphatic heterocycles. The number of hydrogen-bond acceptors (Lipinski definition) is 3. The largest absolute Gasteiger partial charge is 0.375 e. The lowest BCUT2D eigenvalue weighted by molar-refractivity contribution is 0.0344. The van der Waals surface area contributed by atoms with E-state index < -0.39 is 0 Å². The molecule has 0 spiro atoms. The van der Waals surface area contributed by atoms with Gasteiger partial charge in [0.2, 0.25) is 0 Å². The Balaban J connectivity index is 1.69. The fourth-order valence-electron chi connectivity index (χ4n) is 2.99. The molecule has 2 atom stereocenters. The van der Waals surface area contributed by atoms with E-state index in [0.717, 1.165) is 30.1 Å². The number of benzene rings is 2. The first-order chi connectivity index (χ1) is 11.5. The summed E-state index contributed by atoms with van der Waals surface area (Å²) in [4.78, 5) is 14.7. The highest BCUT2D eigenvalue weighted by atomic mass is 16.5. The van der Waals surface area contributed by atoms with Gasteiger partial charge in [-0.05, 0) is 57.2 Å². The van der Waals surface area contributed by atoms with Crippen molar-refractivity contribution in [3.8, 4) is 0 Å². The highest BCUT2D eigenvalue weighted by molar-refractivity contribution is 6.04. The standard InChI is InChI=1S/C20H24N2O2/c1-14-5-4-6-17(11-14)20(23)21-18-7-9-19(10-8-18)22-12-16(3)24-13-15(22)2/h4-11,15-16H,12-13H2,1-3H3,(H,21,23). The normalized spacial score (nSPS) is 20.7. The number of carbonyl (C=O) groups is 1. The first-order valence-corrected chi connectivity index (χ1v) is 8.39. The quantitative estimate of drug-likeness (QED) is 0.932. The van der Waals surface area contributed by atoms with Crippen LogP contribution in [0, 0.1) is 6.92 Å². The maximum Gasteiger partial charge on any atom is 0.255 e. The predicted octanol–water partition coefficient (Wildman–Crippen LogP) is 3.86. The van der Waals surface area contributed by atoms with Crippen molar-refractivity contribution in [2.24, 2.45) is 0 Å². The lowest BCUT2D eigenvalue weighted by atomic mass is 10.1. The van der Waals surface area contributed by atoms with Crippen molar-refractivity contribution in [1.82, 2.24) is 0 Å². The zero-order chi connectivity index (χ0) is 17.1. The van der Waals surface area contributed by atoms with Crippen molar-refractivity contribution in [1.29, 1.82) is 0 Å². The van der Waals surface area contributed by atoms with E-state index in [1.807, 2.05) is 43.3 Å². The van der Waals surface area contributed by atoms with Crippen LogP contribution in [0.5, 0.6) is 0 Å². The average Bonchev–Trinajstić information content (AvgIpc) is 2.58. The summed E-state index contributed by atoms with van der Waals surface area (Å²) in [5.74, 6) is -0.0835. The minimum Gasteiger partial charge on any atom is -0.375 e. The molecule has 0 bridgehead atoms. The molecular formula is C20H24N2O2. The molecule has 24 heavy (non-hydrogen) atoms. The molecule has 1 fully saturated rings. The summed E-state index contributed by atoms with van der Waals surface area (Å²) in [6.45, 7) is 7.87. The number of ether oxygens (including phenoxy) is 1. The molecule has 1 aliphatic rings. The summed E-state index contributed by atoms with van der Waals surface area (Å²) in [5.41, 5.74) is 3.72. The molecule has 3 rings (SSSR count). The van der Waals surface area contributed by atoms with Crippen molar-refractivity contribution in [3.05, 3.63) is 59.7 Å². The summed E-state index contributed by atoms with van der Waals surface area (Å²) < 4.78 is 5.68. The second kappa shape index (κ2) is 7.05. The summed E-state index contributed by atoms with van der Waals surface area (Å²) >= 11 is 0. The van der Waals surface area contributed by atoms with Gasteiger partial charge in [0.05, 0.1) is 12.7 Å². The molecule has 4 heteroatoms. The Labute approximate surface area is 143 Å². The molecule has 0 aromatic heterocycles. The van der Waals surface area contributed by atoms with E-state index in [9.17, 15) is 4.79 Å². The van der Waals surface area contributed by atoms with E-state index in [1.165, 1.54) is 0 Å². The van der Waals surface area contributed by atoms with E-state index in [0.29, 0.717) is 11.6 Å². The SMILES string of the molecule is Cc1cccc(C(=O)Nc2ccc(N3CC(C)OCC3C)cc2)c1. The van der Waals surface area contributed by atoms with Gasteiger partial charge in [0.25, 0.3) is 5.91 Å². The summed E-state index contributed by atoms with van der Waals surface area (Å²) in [5, 5.41) is 2.95. The Morgan fingerprint density at radius 2 is 1.92 bits per heavy atom. The molecule has 2 unspecified atom stereocenters. The molecule has 4 nitrogen and oxygen atoms in total. The Kier molecular flexibility index (Phi) is 4.86. The number of hydrogen-bond donors (Lipinski definition) is 1. The molecule has 2 aromatic carbocycles. The summed E-state index contributed by atoms with van der Waals surface area (Å²) in [6.07, 6.45) is 0.238. The van der Waals surface area contributed by atoms with Crippen LogP contribution in [0.15, 0.2) is 48.5 Å². The van der Waals surface area contributed by atoms with Crippen LogP contribution in [0.3, 0.4) is 0 Å². The Bertz CT molecular complexity index is 712. The maximum absolute atomic E-state index is 12.3. The van der Waals surface area contributed by atoms with Gasteiger partial charge in [0.15, 0.2) is 0 Å². The Morgan fingerprint density at radius 1 is 1.17 bits per heavy atom. The molecule has 1 saturated heterocycles. The smallest absolute Gasteiger partial charge is 0.255 e. The number of carbonyl (C=O) groups excluding carboxylic acids is 1. The second-order valence-corrected chi connectivity index (χ2v) is 6.52. The van der Waals surface area contributed by atoms with E-state index in [1.54, 1.807) is 0 Å². The fourth-order valence-corrected chi connectivity index (χ4v) is 2.99. The third-order valence-electron chi connectivity index (χ3n) is 4.34. The molecule has 1 N–H and O–H groups in total. The minimum absolute atomic E-state index is 0.0835. The van der Waals surface area contributed by atoms with Gasteiger partial charge in [-0.3, -0.25) is 4.79 Å². The van der Waals surface area contributed by atoms with E-state index >= 15 is 0 Å². The molecule has 0 radical (unpaired) electrons. The van der Waals surface area contributed by atoms with Crippen molar-refractivity contribution in [2.75, 3.05) is 23.4 Å². The third-order valence-corrected chi connectivity index (χ3v) is 4.34. The minimum atomic E-state index is -0.0835. The molecule has 1 heterocycles. The van der Waals surface area contributed by atoms with Crippen LogP contribution in [-0.2, 0) is 4.74 Å². The zero-order valence-electron chi connectivity index (χ0n) is 14.5. The van der Waals surface area contributed by atoms with Gasteiger partial charge in [-0.15, -0.1) is 0 Å². The van der Waals surface area contributed by atoms with E-state index in [-0.39, 0.29) is 12.0 Å². The Hall–Kier alpha value is -2.33. The van der Waals surface area contributed by atoms with E-state index in [4.69, 9.17) is 4.74 Å². The zero-order valence-corrected chi connectivity index (χ0v) is 14.5. The number of amides is 1. The number of aryl methyl sites for hydroxylation is 1. The fraction of sp³-hybridized carbons (Fsp3) is 0.350. The number of nitrogens with zero attached hydrogens (tertiary/aromatic N) is 1. The van der Waals surface area contributed by atoms with Gasteiger partial charge < -0.3 is 15.0 Å². The summed E-state index contributed by atoms with van der Waals surface area (Å²) in [6, 6.07) is 16.0. The van der Waals surface area contributed by atoms with Crippen molar-refractivity contribution >= 4 is 17.3 Å². The number of rotatable bonds is 3. The third kappa shape index (κ3) is 3.77. The van der Waals surface area contributed by atoms with Crippen LogP contribution < -0.4 is 10.2 Å². The second-order valence-electron chi connectivity index (χ2n) is 6.52. The highest BCUT2D eigenvalue weighted by Gasteiger charge is 2.23. The van der Waals surface area contributed by atoms with E-state index in [2.05, 4.69) is 36.2 Å². The Morgan fingerprint density at radius 3 is 2.62 bits per heavy atom. The predicted molar refractivity (Wildman–Crippen MR) is 97.8 cm³/mol. The van der Waals surface area contributed by atoms with Crippen LogP contribution >= 0.6 is 0 Å². The molecule has 0 saturated carbocycles.